The molecule has 2 atom stereocenters. The van der Waals surface area contributed by atoms with Crippen molar-refractivity contribution >= 4 is 32.7 Å². The van der Waals surface area contributed by atoms with Crippen molar-refractivity contribution < 1.29 is 14.2 Å². The SMILES string of the molecule is COCc1cc2c3nc(c(OC)nc3c1)-c1cccc3c(=O)n(sc13)CCN1CC[C@@H](C1)O2. The van der Waals surface area contributed by atoms with E-state index >= 15 is 0 Å². The standard InChI is InChI=1S/C24H24N4O4S/c1-30-13-14-10-18-21-19(11-14)32-15-6-7-27(12-15)8-9-28-24(29)17-5-3-4-16(22(17)33-28)20(26-21)23(25-18)31-2/h3-5,10-11,15H,6-9,12-13H2,1-2H3/t15-/m0/s1. The molecule has 4 heterocycles. The van der Waals surface area contributed by atoms with Gasteiger partial charge < -0.3 is 14.2 Å². The molecule has 33 heavy (non-hydrogen) atoms. The fraction of sp³-hybridized carbons (Fsp3) is 0.375. The number of methoxy groups -OCH3 is 2. The zero-order valence-corrected chi connectivity index (χ0v) is 19.4. The van der Waals surface area contributed by atoms with E-state index in [0.29, 0.717) is 46.9 Å². The fourth-order valence-electron chi connectivity index (χ4n) is 4.76. The van der Waals surface area contributed by atoms with E-state index in [1.54, 1.807) is 14.2 Å². The molecule has 2 aromatic heterocycles. The van der Waals surface area contributed by atoms with Crippen molar-refractivity contribution in [3.8, 4) is 22.9 Å². The smallest absolute Gasteiger partial charge is 0.268 e. The molecule has 9 heteroatoms. The highest BCUT2D eigenvalue weighted by molar-refractivity contribution is 7.14. The van der Waals surface area contributed by atoms with Gasteiger partial charge in [0, 0.05) is 38.9 Å². The number of nitrogens with zero attached hydrogens (tertiary/aromatic N) is 4. The van der Waals surface area contributed by atoms with Crippen molar-refractivity contribution in [2.45, 2.75) is 25.7 Å². The second-order valence-corrected chi connectivity index (χ2v) is 9.52. The molecule has 0 radical (unpaired) electrons. The van der Waals surface area contributed by atoms with E-state index in [4.69, 9.17) is 24.2 Å². The molecule has 1 saturated heterocycles. The average molecular weight is 465 g/mol. The van der Waals surface area contributed by atoms with Crippen molar-refractivity contribution in [2.24, 2.45) is 0 Å². The van der Waals surface area contributed by atoms with Gasteiger partial charge in [0.15, 0.2) is 0 Å². The predicted molar refractivity (Wildman–Crippen MR) is 127 cm³/mol. The molecule has 0 saturated carbocycles. The van der Waals surface area contributed by atoms with Crippen LogP contribution in [0.2, 0.25) is 0 Å². The highest BCUT2D eigenvalue weighted by atomic mass is 32.1. The number of rotatable bonds is 3. The molecular weight excluding hydrogens is 440 g/mol. The Labute approximate surface area is 194 Å². The molecule has 1 unspecified atom stereocenters. The van der Waals surface area contributed by atoms with Crippen molar-refractivity contribution in [1.82, 2.24) is 18.8 Å². The Balaban J connectivity index is 1.66. The molecule has 0 amide bonds. The summed E-state index contributed by atoms with van der Waals surface area (Å²) in [4.78, 5) is 25.3. The lowest BCUT2D eigenvalue weighted by Crippen LogP contribution is -2.29. The van der Waals surface area contributed by atoms with Crippen molar-refractivity contribution in [3.63, 3.8) is 0 Å². The summed E-state index contributed by atoms with van der Waals surface area (Å²) >= 11 is 1.48. The molecule has 2 aliphatic heterocycles. The molecule has 0 spiro atoms. The first-order valence-corrected chi connectivity index (χ1v) is 11.8. The number of fused-ring (bicyclic) bond motifs is 5. The van der Waals surface area contributed by atoms with Gasteiger partial charge >= 0.3 is 0 Å². The second kappa shape index (κ2) is 8.09. The first kappa shape index (κ1) is 20.6. The van der Waals surface area contributed by atoms with Crippen molar-refractivity contribution in [2.75, 3.05) is 33.9 Å². The van der Waals surface area contributed by atoms with E-state index in [1.165, 1.54) is 11.5 Å². The molecular formula is C24H24N4O4S. The molecule has 0 aliphatic carbocycles. The molecule has 0 N–H and O–H groups in total. The van der Waals surface area contributed by atoms with Gasteiger partial charge in [-0.25, -0.2) is 9.97 Å². The lowest BCUT2D eigenvalue weighted by Gasteiger charge is -2.19. The van der Waals surface area contributed by atoms with Crippen LogP contribution in [0.3, 0.4) is 0 Å². The van der Waals surface area contributed by atoms with E-state index < -0.39 is 0 Å². The van der Waals surface area contributed by atoms with Gasteiger partial charge in [-0.05, 0) is 30.2 Å². The van der Waals surface area contributed by atoms with Crippen LogP contribution >= 0.6 is 11.5 Å². The Morgan fingerprint density at radius 3 is 2.94 bits per heavy atom. The molecule has 1 fully saturated rings. The Morgan fingerprint density at radius 2 is 2.09 bits per heavy atom. The first-order chi connectivity index (χ1) is 16.1. The van der Waals surface area contributed by atoms with Crippen LogP contribution < -0.4 is 15.0 Å². The third-order valence-corrected chi connectivity index (χ3v) is 7.53. The number of ether oxygens (including phenoxy) is 3. The molecule has 6 rings (SSSR count). The monoisotopic (exact) mass is 464 g/mol. The Morgan fingerprint density at radius 1 is 1.18 bits per heavy atom. The van der Waals surface area contributed by atoms with Gasteiger partial charge in [0.1, 0.15) is 23.1 Å². The van der Waals surface area contributed by atoms with Crippen LogP contribution in [0.25, 0.3) is 32.4 Å². The molecule has 2 aromatic carbocycles. The van der Waals surface area contributed by atoms with E-state index in [2.05, 4.69) is 4.90 Å². The Hall–Kier alpha value is -3.01. The first-order valence-electron chi connectivity index (χ1n) is 11.0. The van der Waals surface area contributed by atoms with Gasteiger partial charge in [0.25, 0.3) is 5.56 Å². The maximum absolute atomic E-state index is 13.1. The van der Waals surface area contributed by atoms with E-state index in [-0.39, 0.29) is 11.7 Å². The van der Waals surface area contributed by atoms with Crippen LogP contribution in [0.15, 0.2) is 35.1 Å². The predicted octanol–water partition coefficient (Wildman–Crippen LogP) is 3.29. The second-order valence-electron chi connectivity index (χ2n) is 8.49. The molecule has 8 nitrogen and oxygen atoms in total. The summed E-state index contributed by atoms with van der Waals surface area (Å²) in [6.07, 6.45) is 0.982. The number of benzene rings is 2. The van der Waals surface area contributed by atoms with Gasteiger partial charge in [-0.2, -0.15) is 0 Å². The summed E-state index contributed by atoms with van der Waals surface area (Å²) in [5.41, 5.74) is 3.84. The van der Waals surface area contributed by atoms with Gasteiger partial charge in [0.2, 0.25) is 5.88 Å². The average Bonchev–Trinajstić information content (AvgIpc) is 3.40. The zero-order valence-electron chi connectivity index (χ0n) is 18.5. The van der Waals surface area contributed by atoms with E-state index in [9.17, 15) is 4.79 Å². The summed E-state index contributed by atoms with van der Waals surface area (Å²) < 4.78 is 20.3. The minimum Gasteiger partial charge on any atom is -0.487 e. The maximum Gasteiger partial charge on any atom is 0.268 e. The van der Waals surface area contributed by atoms with Gasteiger partial charge in [-0.1, -0.05) is 23.7 Å². The van der Waals surface area contributed by atoms with Crippen LogP contribution in [0.5, 0.6) is 11.6 Å². The molecule has 6 bridgehead atoms. The summed E-state index contributed by atoms with van der Waals surface area (Å²) in [6.45, 7) is 3.68. The quantitative estimate of drug-likeness (QED) is 0.460. The number of aromatic nitrogens is 3. The number of hydrogen-bond donors (Lipinski definition) is 0. The minimum absolute atomic E-state index is 0.0383. The molecule has 4 aromatic rings. The summed E-state index contributed by atoms with van der Waals surface area (Å²) in [7, 11) is 3.26. The van der Waals surface area contributed by atoms with Crippen molar-refractivity contribution in [1.29, 1.82) is 0 Å². The van der Waals surface area contributed by atoms with Crippen LogP contribution in [0.4, 0.5) is 0 Å². The van der Waals surface area contributed by atoms with E-state index in [1.807, 2.05) is 34.3 Å². The summed E-state index contributed by atoms with van der Waals surface area (Å²) in [5.74, 6) is 1.12. The lowest BCUT2D eigenvalue weighted by atomic mass is 10.1. The van der Waals surface area contributed by atoms with Gasteiger partial charge in [-0.15, -0.1) is 0 Å². The van der Waals surface area contributed by atoms with Gasteiger partial charge in [-0.3, -0.25) is 13.7 Å². The Bertz CT molecular complexity index is 1430. The van der Waals surface area contributed by atoms with Crippen LogP contribution in [-0.4, -0.2) is 58.8 Å². The third-order valence-electron chi connectivity index (χ3n) is 6.34. The summed E-state index contributed by atoms with van der Waals surface area (Å²) in [5, 5.41) is 0.697. The molecule has 170 valence electrons. The lowest BCUT2D eigenvalue weighted by molar-refractivity contribution is 0.182. The van der Waals surface area contributed by atoms with E-state index in [0.717, 1.165) is 41.9 Å². The van der Waals surface area contributed by atoms with Crippen LogP contribution in [0.1, 0.15) is 12.0 Å². The highest BCUT2D eigenvalue weighted by Gasteiger charge is 2.27. The largest absolute Gasteiger partial charge is 0.487 e. The number of hydrogen-bond acceptors (Lipinski definition) is 8. The normalized spacial score (nSPS) is 19.8. The maximum atomic E-state index is 13.1. The van der Waals surface area contributed by atoms with Crippen LogP contribution in [-0.2, 0) is 17.9 Å². The van der Waals surface area contributed by atoms with Crippen LogP contribution in [0, 0.1) is 0 Å². The minimum atomic E-state index is 0.0383. The third kappa shape index (κ3) is 3.47. The van der Waals surface area contributed by atoms with Gasteiger partial charge in [0.05, 0.1) is 29.3 Å². The summed E-state index contributed by atoms with van der Waals surface area (Å²) in [6, 6.07) is 9.71. The Kier molecular flexibility index (Phi) is 5.05. The molecule has 2 aliphatic rings. The topological polar surface area (TPSA) is 78.7 Å². The highest BCUT2D eigenvalue weighted by Crippen LogP contribution is 2.38. The zero-order chi connectivity index (χ0) is 22.5. The van der Waals surface area contributed by atoms with Crippen molar-refractivity contribution in [3.05, 3.63) is 46.2 Å². The fourth-order valence-corrected chi connectivity index (χ4v) is 5.85.